The molecule has 0 saturated carbocycles. The Balaban J connectivity index is 1.90. The van der Waals surface area contributed by atoms with Crippen molar-refractivity contribution in [3.8, 4) is 5.75 Å². The summed E-state index contributed by atoms with van der Waals surface area (Å²) in [5.74, 6) is 0.427. The highest BCUT2D eigenvalue weighted by Crippen LogP contribution is 2.46. The smallest absolute Gasteiger partial charge is 0.252 e. The van der Waals surface area contributed by atoms with Crippen molar-refractivity contribution in [2.24, 2.45) is 12.8 Å². The molecule has 1 aliphatic heterocycles. The van der Waals surface area contributed by atoms with Crippen LogP contribution in [0.1, 0.15) is 40.2 Å². The number of nitrogens with two attached hydrogens (primary N) is 1. The van der Waals surface area contributed by atoms with Gasteiger partial charge in [0.25, 0.3) is 5.91 Å². The van der Waals surface area contributed by atoms with Crippen LogP contribution in [-0.2, 0) is 23.8 Å². The Hall–Kier alpha value is -2.91. The minimum atomic E-state index is -0.629. The third-order valence-electron chi connectivity index (χ3n) is 5.55. The molecule has 1 aliphatic rings. The van der Waals surface area contributed by atoms with Gasteiger partial charge < -0.3 is 24.7 Å². The van der Waals surface area contributed by atoms with Gasteiger partial charge in [-0.1, -0.05) is 5.21 Å². The molecule has 0 bridgehead atoms. The maximum atomic E-state index is 12.2. The first-order valence-electron chi connectivity index (χ1n) is 9.48. The molecule has 9 heteroatoms. The number of carbonyl (C=O) groups is 1. The van der Waals surface area contributed by atoms with E-state index in [0.717, 1.165) is 5.56 Å². The summed E-state index contributed by atoms with van der Waals surface area (Å²) in [6.45, 7) is 2.80. The minimum absolute atomic E-state index is 0.112. The largest absolute Gasteiger partial charge is 0.487 e. The van der Waals surface area contributed by atoms with Crippen LogP contribution in [0, 0.1) is 6.92 Å². The number of furan rings is 1. The third kappa shape index (κ3) is 3.36. The van der Waals surface area contributed by atoms with Crippen LogP contribution >= 0.6 is 0 Å². The lowest BCUT2D eigenvalue weighted by molar-refractivity contribution is 0.0246. The van der Waals surface area contributed by atoms with Crippen LogP contribution in [0.25, 0.3) is 11.0 Å². The molecular weight excluding hydrogens is 376 g/mol. The molecule has 29 heavy (non-hydrogen) atoms. The van der Waals surface area contributed by atoms with Crippen molar-refractivity contribution in [2.75, 3.05) is 19.8 Å². The molecule has 0 unspecified atom stereocenters. The molecule has 9 nitrogen and oxygen atoms in total. The predicted octanol–water partition coefficient (Wildman–Crippen LogP) is 1.59. The maximum absolute atomic E-state index is 12.2. The number of aliphatic hydroxyl groups excluding tert-OH is 1. The van der Waals surface area contributed by atoms with Crippen LogP contribution in [0.5, 0.6) is 5.75 Å². The second kappa shape index (κ2) is 7.49. The SMILES string of the molecule is Cc1oc2ccc(OCc3cn(C)nn3)c(C3(CO)CCOCC3)c2c1C(N)=O. The molecule has 1 aromatic carbocycles. The second-order valence-electron chi connectivity index (χ2n) is 7.43. The van der Waals surface area contributed by atoms with E-state index in [0.29, 0.717) is 59.8 Å². The van der Waals surface area contributed by atoms with E-state index in [2.05, 4.69) is 10.3 Å². The zero-order valence-corrected chi connectivity index (χ0v) is 16.5. The summed E-state index contributed by atoms with van der Waals surface area (Å²) in [6.07, 6.45) is 2.95. The summed E-state index contributed by atoms with van der Waals surface area (Å²) in [4.78, 5) is 12.2. The van der Waals surface area contributed by atoms with Gasteiger partial charge in [-0.15, -0.1) is 5.10 Å². The van der Waals surface area contributed by atoms with Crippen LogP contribution in [0.15, 0.2) is 22.7 Å². The van der Waals surface area contributed by atoms with Crippen LogP contribution in [0.2, 0.25) is 0 Å². The van der Waals surface area contributed by atoms with Crippen LogP contribution in [-0.4, -0.2) is 45.8 Å². The Morgan fingerprint density at radius 2 is 2.14 bits per heavy atom. The molecule has 0 radical (unpaired) electrons. The lowest BCUT2D eigenvalue weighted by Crippen LogP contribution is -2.38. The van der Waals surface area contributed by atoms with Gasteiger partial charge in [0.05, 0.1) is 18.4 Å². The fourth-order valence-corrected chi connectivity index (χ4v) is 4.10. The molecule has 0 spiro atoms. The number of hydrogen-bond donors (Lipinski definition) is 2. The van der Waals surface area contributed by atoms with Crippen molar-refractivity contribution in [1.82, 2.24) is 15.0 Å². The number of amides is 1. The number of nitrogens with zero attached hydrogens (tertiary/aromatic N) is 3. The molecular formula is C20H24N4O5. The molecule has 3 aromatic rings. The molecule has 0 aliphatic carbocycles. The molecule has 0 atom stereocenters. The van der Waals surface area contributed by atoms with E-state index in [4.69, 9.17) is 19.6 Å². The average molecular weight is 400 g/mol. The highest BCUT2D eigenvalue weighted by Gasteiger charge is 2.40. The number of hydrogen-bond acceptors (Lipinski definition) is 7. The van der Waals surface area contributed by atoms with Gasteiger partial charge in [0.15, 0.2) is 0 Å². The third-order valence-corrected chi connectivity index (χ3v) is 5.55. The Morgan fingerprint density at radius 1 is 1.38 bits per heavy atom. The Labute approximate surface area is 167 Å². The van der Waals surface area contributed by atoms with Gasteiger partial charge in [0.2, 0.25) is 0 Å². The van der Waals surface area contributed by atoms with Crippen LogP contribution in [0.3, 0.4) is 0 Å². The first-order valence-corrected chi connectivity index (χ1v) is 9.48. The fraction of sp³-hybridized carbons (Fsp3) is 0.450. The predicted molar refractivity (Wildman–Crippen MR) is 104 cm³/mol. The number of primary amides is 1. The molecule has 4 rings (SSSR count). The fourth-order valence-electron chi connectivity index (χ4n) is 4.10. The highest BCUT2D eigenvalue weighted by atomic mass is 16.5. The standard InChI is InChI=1S/C20H24N4O5/c1-12-16(19(21)26)17-14(29-12)3-4-15(28-10-13-9-24(2)23-22-13)18(17)20(11-25)5-7-27-8-6-20/h3-4,9,25H,5-8,10-11H2,1-2H3,(H2,21,26). The number of aliphatic hydroxyl groups is 1. The quantitative estimate of drug-likeness (QED) is 0.643. The summed E-state index contributed by atoms with van der Waals surface area (Å²) in [6, 6.07) is 3.56. The van der Waals surface area contributed by atoms with Gasteiger partial charge in [-0.2, -0.15) is 0 Å². The normalized spacial score (nSPS) is 16.2. The Bertz CT molecular complexity index is 1050. The Kier molecular flexibility index (Phi) is 5.01. The number of fused-ring (bicyclic) bond motifs is 1. The molecule has 154 valence electrons. The molecule has 3 heterocycles. The molecule has 3 N–H and O–H groups in total. The number of ether oxygens (including phenoxy) is 2. The van der Waals surface area contributed by atoms with Gasteiger partial charge in [-0.25, -0.2) is 0 Å². The lowest BCUT2D eigenvalue weighted by Gasteiger charge is -2.37. The van der Waals surface area contributed by atoms with Crippen molar-refractivity contribution >= 4 is 16.9 Å². The number of aryl methyl sites for hydroxylation is 2. The molecule has 1 fully saturated rings. The van der Waals surface area contributed by atoms with E-state index in [-0.39, 0.29) is 13.2 Å². The van der Waals surface area contributed by atoms with E-state index < -0.39 is 11.3 Å². The van der Waals surface area contributed by atoms with Crippen molar-refractivity contribution in [3.63, 3.8) is 0 Å². The minimum Gasteiger partial charge on any atom is -0.487 e. The van der Waals surface area contributed by atoms with E-state index in [1.54, 1.807) is 37.0 Å². The highest BCUT2D eigenvalue weighted by molar-refractivity contribution is 6.08. The number of benzene rings is 1. The van der Waals surface area contributed by atoms with Gasteiger partial charge in [0, 0.05) is 36.6 Å². The van der Waals surface area contributed by atoms with Gasteiger partial charge in [0.1, 0.15) is 29.4 Å². The summed E-state index contributed by atoms with van der Waals surface area (Å²) < 4.78 is 19.0. The number of carbonyl (C=O) groups excluding carboxylic acids is 1. The van der Waals surface area contributed by atoms with E-state index in [1.165, 1.54) is 0 Å². The summed E-state index contributed by atoms with van der Waals surface area (Å²) in [5.41, 5.74) is 7.31. The van der Waals surface area contributed by atoms with Crippen molar-refractivity contribution in [2.45, 2.75) is 31.8 Å². The first kappa shape index (κ1) is 19.4. The second-order valence-corrected chi connectivity index (χ2v) is 7.43. The molecule has 2 aromatic heterocycles. The van der Waals surface area contributed by atoms with E-state index >= 15 is 0 Å². The van der Waals surface area contributed by atoms with Crippen molar-refractivity contribution < 1.29 is 23.8 Å². The molecule has 1 saturated heterocycles. The van der Waals surface area contributed by atoms with Crippen molar-refractivity contribution in [3.05, 3.63) is 40.9 Å². The zero-order chi connectivity index (χ0) is 20.6. The number of rotatable bonds is 6. The summed E-state index contributed by atoms with van der Waals surface area (Å²) in [7, 11) is 1.78. The number of aromatic nitrogens is 3. The van der Waals surface area contributed by atoms with E-state index in [9.17, 15) is 9.90 Å². The Morgan fingerprint density at radius 3 is 2.76 bits per heavy atom. The van der Waals surface area contributed by atoms with Crippen molar-refractivity contribution in [1.29, 1.82) is 0 Å². The first-order chi connectivity index (χ1) is 13.9. The van der Waals surface area contributed by atoms with E-state index in [1.807, 2.05) is 0 Å². The monoisotopic (exact) mass is 400 g/mol. The molecule has 1 amide bonds. The van der Waals surface area contributed by atoms with Crippen LogP contribution in [0.4, 0.5) is 0 Å². The summed E-state index contributed by atoms with van der Waals surface area (Å²) >= 11 is 0. The average Bonchev–Trinajstić information content (AvgIpc) is 3.28. The summed E-state index contributed by atoms with van der Waals surface area (Å²) in [5, 5.41) is 19.0. The van der Waals surface area contributed by atoms with Crippen LogP contribution < -0.4 is 10.5 Å². The zero-order valence-electron chi connectivity index (χ0n) is 16.5. The lowest BCUT2D eigenvalue weighted by atomic mass is 9.72. The topological polar surface area (TPSA) is 126 Å². The van der Waals surface area contributed by atoms with Gasteiger partial charge >= 0.3 is 0 Å². The van der Waals surface area contributed by atoms with Gasteiger partial charge in [-0.05, 0) is 31.9 Å². The van der Waals surface area contributed by atoms with Gasteiger partial charge in [-0.3, -0.25) is 9.48 Å². The maximum Gasteiger partial charge on any atom is 0.252 e.